The van der Waals surface area contributed by atoms with Crippen LogP contribution in [0.5, 0.6) is 11.5 Å². The summed E-state index contributed by atoms with van der Waals surface area (Å²) in [6.07, 6.45) is 0. The Morgan fingerprint density at radius 2 is 0.882 bits per heavy atom. The lowest BCUT2D eigenvalue weighted by atomic mass is 9.82. The summed E-state index contributed by atoms with van der Waals surface area (Å²) < 4.78 is 7.25. The largest absolute Gasteiger partial charge is 0.454 e. The first-order chi connectivity index (χ1) is 33.5. The first kappa shape index (κ1) is 39.7. The van der Waals surface area contributed by atoms with Crippen molar-refractivity contribution in [2.45, 2.75) is 19.3 Å². The van der Waals surface area contributed by atoms with E-state index in [4.69, 9.17) is 4.74 Å². The van der Waals surface area contributed by atoms with E-state index in [9.17, 15) is 0 Å². The number of ether oxygens (including phenoxy) is 1. The second kappa shape index (κ2) is 15.8. The topological polar surface area (TPSA) is 15.7 Å². The molecule has 68 heavy (non-hydrogen) atoms. The monoisotopic (exact) mass is 870 g/mol. The maximum absolute atomic E-state index is 7.25. The Labute approximate surface area is 397 Å². The van der Waals surface area contributed by atoms with Crippen molar-refractivity contribution in [3.05, 3.63) is 254 Å². The number of anilines is 6. The van der Waals surface area contributed by atoms with Crippen molar-refractivity contribution >= 4 is 55.7 Å². The van der Waals surface area contributed by atoms with E-state index in [-0.39, 0.29) is 5.41 Å². The smallest absolute Gasteiger partial charge is 0.159 e. The van der Waals surface area contributed by atoms with E-state index < -0.39 is 0 Å². The molecule has 2 aliphatic rings. The van der Waals surface area contributed by atoms with E-state index in [1.807, 2.05) is 0 Å². The van der Waals surface area contributed by atoms with Crippen molar-refractivity contribution in [1.29, 1.82) is 0 Å². The van der Waals surface area contributed by atoms with Gasteiger partial charge in [0, 0.05) is 44.5 Å². The molecule has 11 aromatic rings. The molecule has 0 radical (unpaired) electrons. The highest BCUT2D eigenvalue weighted by atomic mass is 16.5. The molecular weight excluding hydrogens is 825 g/mol. The van der Waals surface area contributed by atoms with Crippen LogP contribution in [0.2, 0.25) is 0 Å². The summed E-state index contributed by atoms with van der Waals surface area (Å²) in [6.45, 7) is 4.69. The van der Waals surface area contributed by atoms with E-state index in [2.05, 4.69) is 266 Å². The van der Waals surface area contributed by atoms with Crippen LogP contribution in [0.15, 0.2) is 243 Å². The first-order valence-corrected chi connectivity index (χ1v) is 23.5. The molecule has 13 rings (SSSR count). The fourth-order valence-electron chi connectivity index (χ4n) is 10.9. The van der Waals surface area contributed by atoms with Gasteiger partial charge >= 0.3 is 0 Å². The molecular formula is C65H46N2O. The average Bonchev–Trinajstić information content (AvgIpc) is 3.62. The van der Waals surface area contributed by atoms with Crippen molar-refractivity contribution in [2.75, 3.05) is 9.80 Å². The normalized spacial score (nSPS) is 12.8. The molecule has 1 aliphatic carbocycles. The summed E-state index contributed by atoms with van der Waals surface area (Å²) in [5.41, 5.74) is 18.4. The van der Waals surface area contributed by atoms with E-state index in [0.29, 0.717) is 0 Å². The second-order valence-corrected chi connectivity index (χ2v) is 18.5. The number of hydrogen-bond donors (Lipinski definition) is 0. The lowest BCUT2D eigenvalue weighted by Gasteiger charge is -2.31. The summed E-state index contributed by atoms with van der Waals surface area (Å²) in [5, 5.41) is 4.59. The number of hydrogen-bond acceptors (Lipinski definition) is 3. The zero-order valence-corrected chi connectivity index (χ0v) is 37.9. The third-order valence-corrected chi connectivity index (χ3v) is 14.2. The Morgan fingerprint density at radius 3 is 1.66 bits per heavy atom. The van der Waals surface area contributed by atoms with Gasteiger partial charge in [0.1, 0.15) is 5.75 Å². The third kappa shape index (κ3) is 6.42. The minimum absolute atomic E-state index is 0.0970. The van der Waals surface area contributed by atoms with E-state index in [0.717, 1.165) is 78.5 Å². The van der Waals surface area contributed by atoms with Gasteiger partial charge in [0.25, 0.3) is 0 Å². The van der Waals surface area contributed by atoms with Crippen LogP contribution in [-0.4, -0.2) is 0 Å². The molecule has 322 valence electrons. The zero-order valence-electron chi connectivity index (χ0n) is 37.9. The molecule has 3 nitrogen and oxygen atoms in total. The van der Waals surface area contributed by atoms with Crippen molar-refractivity contribution in [3.63, 3.8) is 0 Å². The van der Waals surface area contributed by atoms with Crippen LogP contribution in [0.3, 0.4) is 0 Å². The molecule has 0 bridgehead atoms. The fourth-order valence-corrected chi connectivity index (χ4v) is 10.9. The van der Waals surface area contributed by atoms with Gasteiger partial charge in [0.2, 0.25) is 0 Å². The molecule has 0 N–H and O–H groups in total. The number of rotatable bonds is 8. The Hall–Kier alpha value is -8.66. The molecule has 0 saturated heterocycles. The fraction of sp³-hybridized carbons (Fsp3) is 0.0462. The van der Waals surface area contributed by atoms with Crippen LogP contribution in [-0.2, 0) is 5.41 Å². The molecule has 0 fully saturated rings. The van der Waals surface area contributed by atoms with Crippen molar-refractivity contribution < 1.29 is 4.74 Å². The van der Waals surface area contributed by atoms with Gasteiger partial charge in [-0.05, 0) is 140 Å². The van der Waals surface area contributed by atoms with Crippen LogP contribution in [0.25, 0.3) is 66.1 Å². The molecule has 0 aromatic heterocycles. The Balaban J connectivity index is 0.992. The molecule has 3 heteroatoms. The number of nitrogens with zero attached hydrogens (tertiary/aromatic N) is 2. The molecule has 0 atom stereocenters. The molecule has 0 amide bonds. The highest BCUT2D eigenvalue weighted by Gasteiger charge is 2.36. The van der Waals surface area contributed by atoms with Crippen LogP contribution in [0.1, 0.15) is 25.0 Å². The van der Waals surface area contributed by atoms with Gasteiger partial charge in [0.15, 0.2) is 5.75 Å². The summed E-state index contributed by atoms with van der Waals surface area (Å²) in [7, 11) is 0. The van der Waals surface area contributed by atoms with Crippen LogP contribution in [0.4, 0.5) is 34.1 Å². The summed E-state index contributed by atoms with van der Waals surface area (Å²) in [6, 6.07) is 88.0. The zero-order chi connectivity index (χ0) is 45.3. The van der Waals surface area contributed by atoms with Gasteiger partial charge in [-0.15, -0.1) is 0 Å². The van der Waals surface area contributed by atoms with Gasteiger partial charge in [-0.3, -0.25) is 0 Å². The van der Waals surface area contributed by atoms with Gasteiger partial charge in [-0.25, -0.2) is 0 Å². The molecule has 0 spiro atoms. The molecule has 1 heterocycles. The van der Waals surface area contributed by atoms with Gasteiger partial charge in [-0.2, -0.15) is 0 Å². The summed E-state index contributed by atoms with van der Waals surface area (Å²) >= 11 is 0. The Bertz CT molecular complexity index is 3690. The van der Waals surface area contributed by atoms with Gasteiger partial charge < -0.3 is 14.5 Å². The molecule has 0 unspecified atom stereocenters. The standard InChI is InChI=1S/C65H46N2O/c1-65(2)58-30-15-14-27-54(58)57-42-52(36-37-59(57)65)67(51-34-32-44(33-35-51)43-18-6-3-7-19-43)61-40-47(38-45-20-12-13-26-53(45)61)48-39-46-21-16-28-55-56-29-17-31-60(64(56)68-62(41-48)63(46)55)66(49-22-8-4-9-23-49)50-24-10-5-11-25-50/h3-42H,1-2H3. The number of benzene rings is 11. The lowest BCUT2D eigenvalue weighted by molar-refractivity contribution is 0.488. The molecule has 0 saturated carbocycles. The van der Waals surface area contributed by atoms with E-state index >= 15 is 0 Å². The van der Waals surface area contributed by atoms with Gasteiger partial charge in [-0.1, -0.05) is 178 Å². The minimum atomic E-state index is -0.0970. The van der Waals surface area contributed by atoms with Crippen molar-refractivity contribution in [3.8, 4) is 56.0 Å². The SMILES string of the molecule is CC1(C)c2ccccc2-c2cc(N(c3ccc(-c4ccccc4)cc3)c3cc(-c4cc5c6c(cccc6c4)-c4cccc(N(c6ccccc6)c6ccccc6)c4O5)cc4ccccc34)ccc21. The second-order valence-electron chi connectivity index (χ2n) is 18.5. The first-order valence-electron chi connectivity index (χ1n) is 23.5. The average molecular weight is 871 g/mol. The van der Waals surface area contributed by atoms with E-state index in [1.165, 1.54) is 44.3 Å². The van der Waals surface area contributed by atoms with Crippen LogP contribution in [0, 0.1) is 0 Å². The molecule has 11 aromatic carbocycles. The predicted molar refractivity (Wildman–Crippen MR) is 285 cm³/mol. The summed E-state index contributed by atoms with van der Waals surface area (Å²) in [4.78, 5) is 4.75. The highest BCUT2D eigenvalue weighted by Crippen LogP contribution is 2.55. The lowest BCUT2D eigenvalue weighted by Crippen LogP contribution is -2.15. The maximum atomic E-state index is 7.25. The van der Waals surface area contributed by atoms with Crippen LogP contribution >= 0.6 is 0 Å². The van der Waals surface area contributed by atoms with Crippen molar-refractivity contribution in [2.24, 2.45) is 0 Å². The van der Waals surface area contributed by atoms with Crippen molar-refractivity contribution in [1.82, 2.24) is 0 Å². The Morgan fingerprint density at radius 1 is 0.338 bits per heavy atom. The van der Waals surface area contributed by atoms with Gasteiger partial charge in [0.05, 0.1) is 11.4 Å². The minimum Gasteiger partial charge on any atom is -0.454 e. The number of fused-ring (bicyclic) bond motifs is 6. The quantitative estimate of drug-likeness (QED) is 0.151. The highest BCUT2D eigenvalue weighted by molar-refractivity contribution is 6.09. The van der Waals surface area contributed by atoms with Crippen LogP contribution < -0.4 is 14.5 Å². The van der Waals surface area contributed by atoms with E-state index in [1.54, 1.807) is 0 Å². The Kier molecular flexibility index (Phi) is 9.19. The maximum Gasteiger partial charge on any atom is 0.159 e. The summed E-state index contributed by atoms with van der Waals surface area (Å²) in [5.74, 6) is 1.68. The molecule has 1 aliphatic heterocycles. The third-order valence-electron chi connectivity index (χ3n) is 14.2. The predicted octanol–water partition coefficient (Wildman–Crippen LogP) is 18.3. The number of para-hydroxylation sites is 3.